The average molecular weight is 390 g/mol. The molecule has 0 aromatic heterocycles. The van der Waals surface area contributed by atoms with Gasteiger partial charge in [-0.1, -0.05) is 24.1 Å². The Labute approximate surface area is 166 Å². The first-order valence-corrected chi connectivity index (χ1v) is 9.92. The lowest BCUT2D eigenvalue weighted by Crippen LogP contribution is -2.56. The highest BCUT2D eigenvalue weighted by Gasteiger charge is 2.65. The summed E-state index contributed by atoms with van der Waals surface area (Å²) in [5.74, 6) is -1.62. The summed E-state index contributed by atoms with van der Waals surface area (Å²) in [6, 6.07) is 0. The molecule has 0 unspecified atom stereocenters. The number of fused-ring (bicyclic) bond motifs is 3. The van der Waals surface area contributed by atoms with Gasteiger partial charge in [-0.05, 0) is 40.5 Å². The van der Waals surface area contributed by atoms with Crippen LogP contribution in [0, 0.1) is 17.3 Å². The van der Waals surface area contributed by atoms with Gasteiger partial charge < -0.3 is 14.2 Å². The molecule has 3 rings (SSSR count). The second-order valence-electron chi connectivity index (χ2n) is 9.03. The maximum absolute atomic E-state index is 12.8. The highest BCUT2D eigenvalue weighted by molar-refractivity contribution is 5.89. The Balaban J connectivity index is 1.92. The summed E-state index contributed by atoms with van der Waals surface area (Å²) >= 11 is 0. The lowest BCUT2D eigenvalue weighted by Gasteiger charge is -2.52. The molecule has 6 nitrogen and oxygen atoms in total. The molecule has 0 bridgehead atoms. The maximum atomic E-state index is 12.8. The number of rotatable bonds is 3. The van der Waals surface area contributed by atoms with Crippen LogP contribution in [0.4, 0.5) is 0 Å². The molecule has 1 aliphatic heterocycles. The van der Waals surface area contributed by atoms with Crippen LogP contribution in [0.5, 0.6) is 0 Å². The van der Waals surface area contributed by atoms with Crippen molar-refractivity contribution in [2.45, 2.75) is 78.6 Å². The molecule has 6 heteroatoms. The van der Waals surface area contributed by atoms with Crippen molar-refractivity contribution in [1.82, 2.24) is 0 Å². The quantitative estimate of drug-likeness (QED) is 0.318. The minimum atomic E-state index is -1.30. The van der Waals surface area contributed by atoms with Crippen LogP contribution in [0.1, 0.15) is 60.8 Å². The van der Waals surface area contributed by atoms with E-state index in [1.807, 2.05) is 6.92 Å². The normalized spacial score (nSPS) is 39.1. The number of hydrogen-bond acceptors (Lipinski definition) is 6. The first-order chi connectivity index (χ1) is 13.0. The summed E-state index contributed by atoms with van der Waals surface area (Å²) in [5, 5.41) is 0. The van der Waals surface area contributed by atoms with Gasteiger partial charge in [-0.2, -0.15) is 0 Å². The third-order valence-corrected chi connectivity index (χ3v) is 6.69. The maximum Gasteiger partial charge on any atom is 0.351 e. The molecule has 28 heavy (non-hydrogen) atoms. The highest BCUT2D eigenvalue weighted by Crippen LogP contribution is 2.58. The van der Waals surface area contributed by atoms with Gasteiger partial charge in [-0.15, -0.1) is 0 Å². The third kappa shape index (κ3) is 3.27. The molecule has 1 saturated carbocycles. The summed E-state index contributed by atoms with van der Waals surface area (Å²) in [4.78, 5) is 36.7. The molecule has 1 saturated heterocycles. The largest absolute Gasteiger partial charge is 0.462 e. The fourth-order valence-electron chi connectivity index (χ4n) is 5.33. The van der Waals surface area contributed by atoms with E-state index in [1.54, 1.807) is 20.8 Å². The molecule has 1 heterocycles. The van der Waals surface area contributed by atoms with E-state index in [4.69, 9.17) is 14.2 Å². The number of hydrogen-bond donors (Lipinski definition) is 0. The minimum absolute atomic E-state index is 0.0720. The number of ether oxygens (including phenoxy) is 3. The zero-order chi connectivity index (χ0) is 20.9. The Hall–Kier alpha value is -2.11. The van der Waals surface area contributed by atoms with Crippen molar-refractivity contribution < 1.29 is 28.6 Å². The van der Waals surface area contributed by atoms with E-state index in [2.05, 4.69) is 13.0 Å². The van der Waals surface area contributed by atoms with Gasteiger partial charge in [0.2, 0.25) is 5.60 Å². The number of esters is 3. The molecule has 0 N–H and O–H groups in total. The van der Waals surface area contributed by atoms with Crippen LogP contribution in [0.15, 0.2) is 23.3 Å². The molecule has 2 fully saturated rings. The molecule has 6 atom stereocenters. The summed E-state index contributed by atoms with van der Waals surface area (Å²) in [7, 11) is 0. The van der Waals surface area contributed by atoms with Gasteiger partial charge in [-0.25, -0.2) is 9.59 Å². The van der Waals surface area contributed by atoms with E-state index >= 15 is 0 Å². The van der Waals surface area contributed by atoms with Crippen molar-refractivity contribution in [2.75, 3.05) is 0 Å². The number of carbonyl (C=O) groups excluding carboxylic acids is 3. The molecular formula is C22H30O6. The van der Waals surface area contributed by atoms with Gasteiger partial charge in [0.15, 0.2) is 0 Å². The zero-order valence-electron chi connectivity index (χ0n) is 17.5. The molecular weight excluding hydrogens is 360 g/mol. The van der Waals surface area contributed by atoms with Gasteiger partial charge in [-0.3, -0.25) is 4.79 Å². The summed E-state index contributed by atoms with van der Waals surface area (Å²) in [5.41, 5.74) is 0.321. The molecule has 0 aromatic carbocycles. The highest BCUT2D eigenvalue weighted by atomic mass is 16.6. The Morgan fingerprint density at radius 3 is 2.54 bits per heavy atom. The summed E-state index contributed by atoms with van der Waals surface area (Å²) in [6.45, 7) is 10.8. The molecule has 154 valence electrons. The van der Waals surface area contributed by atoms with Gasteiger partial charge >= 0.3 is 17.9 Å². The Morgan fingerprint density at radius 2 is 1.93 bits per heavy atom. The van der Waals surface area contributed by atoms with Crippen LogP contribution < -0.4 is 0 Å². The van der Waals surface area contributed by atoms with Crippen molar-refractivity contribution in [2.24, 2.45) is 17.3 Å². The predicted octanol–water partition coefficient (Wildman–Crippen LogP) is 3.49. The van der Waals surface area contributed by atoms with E-state index in [0.29, 0.717) is 12.8 Å². The molecule has 0 radical (unpaired) electrons. The standard InChI is InChI=1S/C22H30O6/c1-12(2)11-17(24)28-22(6)15-9-10-21(5)16(26-14(4)23)8-7-13(3)18(21)19(15)27-20(22)25/h7,11,15-16,18-19H,8-10H2,1-6H3/t15-,16+,18-,19+,21+,22-/m0/s1. The van der Waals surface area contributed by atoms with Crippen molar-refractivity contribution in [1.29, 1.82) is 0 Å². The van der Waals surface area contributed by atoms with Crippen molar-refractivity contribution >= 4 is 17.9 Å². The van der Waals surface area contributed by atoms with Crippen LogP contribution in [0.3, 0.4) is 0 Å². The average Bonchev–Trinajstić information content (AvgIpc) is 2.79. The third-order valence-electron chi connectivity index (χ3n) is 6.69. The fourth-order valence-corrected chi connectivity index (χ4v) is 5.33. The topological polar surface area (TPSA) is 78.9 Å². The molecule has 0 spiro atoms. The molecule has 0 aromatic rings. The number of allylic oxidation sites excluding steroid dienone is 1. The van der Waals surface area contributed by atoms with E-state index in [9.17, 15) is 14.4 Å². The van der Waals surface area contributed by atoms with E-state index in [1.165, 1.54) is 13.0 Å². The van der Waals surface area contributed by atoms with Crippen LogP contribution in [0.2, 0.25) is 0 Å². The lowest BCUT2D eigenvalue weighted by atomic mass is 9.54. The van der Waals surface area contributed by atoms with Crippen molar-refractivity contribution in [3.05, 3.63) is 23.3 Å². The molecule has 3 aliphatic rings. The van der Waals surface area contributed by atoms with Crippen molar-refractivity contribution in [3.63, 3.8) is 0 Å². The lowest BCUT2D eigenvalue weighted by molar-refractivity contribution is -0.170. The summed E-state index contributed by atoms with van der Waals surface area (Å²) < 4.78 is 17.1. The number of carbonyl (C=O) groups is 3. The van der Waals surface area contributed by atoms with Crippen molar-refractivity contribution in [3.8, 4) is 0 Å². The Kier molecular flexibility index (Phi) is 5.19. The SMILES string of the molecule is CC(=O)O[C@@H]1CC=C(C)[C@H]2[C@@H]3OC(=O)[C@@](C)(OC(=O)C=C(C)C)[C@H]3CC[C@]12C. The summed E-state index contributed by atoms with van der Waals surface area (Å²) in [6.07, 6.45) is 4.89. The second kappa shape index (κ2) is 7.05. The van der Waals surface area contributed by atoms with Crippen LogP contribution in [-0.4, -0.2) is 35.7 Å². The molecule has 2 aliphatic carbocycles. The van der Waals surface area contributed by atoms with Gasteiger partial charge in [0.25, 0.3) is 0 Å². The van der Waals surface area contributed by atoms with Crippen LogP contribution in [0.25, 0.3) is 0 Å². The Bertz CT molecular complexity index is 761. The van der Waals surface area contributed by atoms with Crippen LogP contribution in [-0.2, 0) is 28.6 Å². The Morgan fingerprint density at radius 1 is 1.25 bits per heavy atom. The van der Waals surface area contributed by atoms with E-state index in [-0.39, 0.29) is 29.3 Å². The fraction of sp³-hybridized carbons (Fsp3) is 0.682. The van der Waals surface area contributed by atoms with Gasteiger partial charge in [0.05, 0.1) is 0 Å². The second-order valence-corrected chi connectivity index (χ2v) is 9.03. The predicted molar refractivity (Wildman–Crippen MR) is 102 cm³/mol. The zero-order valence-corrected chi connectivity index (χ0v) is 17.5. The van der Waals surface area contributed by atoms with E-state index < -0.39 is 23.6 Å². The van der Waals surface area contributed by atoms with Gasteiger partial charge in [0, 0.05) is 36.7 Å². The van der Waals surface area contributed by atoms with Crippen LogP contribution >= 0.6 is 0 Å². The first-order valence-electron chi connectivity index (χ1n) is 9.92. The molecule has 0 amide bonds. The van der Waals surface area contributed by atoms with E-state index in [0.717, 1.165) is 17.6 Å². The minimum Gasteiger partial charge on any atom is -0.462 e. The monoisotopic (exact) mass is 390 g/mol. The smallest absolute Gasteiger partial charge is 0.351 e. The van der Waals surface area contributed by atoms with Gasteiger partial charge in [0.1, 0.15) is 12.2 Å². The first kappa shape index (κ1) is 20.6.